The van der Waals surface area contributed by atoms with Crippen LogP contribution in [0.5, 0.6) is 17.2 Å². The predicted molar refractivity (Wildman–Crippen MR) is 110 cm³/mol. The van der Waals surface area contributed by atoms with Crippen molar-refractivity contribution in [3.63, 3.8) is 0 Å². The van der Waals surface area contributed by atoms with Crippen molar-refractivity contribution in [3.05, 3.63) is 72.1 Å². The van der Waals surface area contributed by atoms with Gasteiger partial charge >= 0.3 is 0 Å². The number of pyridine rings is 1. The van der Waals surface area contributed by atoms with Crippen molar-refractivity contribution in [1.82, 2.24) is 4.98 Å². The SMILES string of the molecule is COc1cccc(N2C(=O)c3cccnc3[C@@H]2Nc2ccc(OC)cc2OC)c1. The molecule has 0 bridgehead atoms. The summed E-state index contributed by atoms with van der Waals surface area (Å²) in [6.07, 6.45) is 1.18. The lowest BCUT2D eigenvalue weighted by Crippen LogP contribution is -2.32. The highest BCUT2D eigenvalue weighted by Crippen LogP contribution is 2.40. The Labute approximate surface area is 168 Å². The normalized spacial score (nSPS) is 15.1. The van der Waals surface area contributed by atoms with Crippen LogP contribution >= 0.6 is 0 Å². The summed E-state index contributed by atoms with van der Waals surface area (Å²) >= 11 is 0. The smallest absolute Gasteiger partial charge is 0.262 e. The summed E-state index contributed by atoms with van der Waals surface area (Å²) in [5.74, 6) is 1.82. The zero-order valence-electron chi connectivity index (χ0n) is 16.4. The third kappa shape index (κ3) is 3.31. The number of nitrogens with one attached hydrogen (secondary N) is 1. The second-order valence-corrected chi connectivity index (χ2v) is 6.43. The van der Waals surface area contributed by atoms with Gasteiger partial charge < -0.3 is 19.5 Å². The number of nitrogens with zero attached hydrogens (tertiary/aromatic N) is 2. The summed E-state index contributed by atoms with van der Waals surface area (Å²) in [7, 11) is 4.78. The van der Waals surface area contributed by atoms with Crippen LogP contribution in [-0.2, 0) is 0 Å². The molecule has 0 fully saturated rings. The Balaban J connectivity index is 1.78. The van der Waals surface area contributed by atoms with Crippen molar-refractivity contribution in [2.45, 2.75) is 6.17 Å². The molecule has 0 spiro atoms. The van der Waals surface area contributed by atoms with E-state index in [1.165, 1.54) is 0 Å². The molecule has 1 aliphatic rings. The van der Waals surface area contributed by atoms with Gasteiger partial charge in [0.2, 0.25) is 0 Å². The fourth-order valence-electron chi connectivity index (χ4n) is 3.41. The minimum Gasteiger partial charge on any atom is -0.497 e. The molecule has 0 saturated carbocycles. The average molecular weight is 391 g/mol. The van der Waals surface area contributed by atoms with E-state index in [0.29, 0.717) is 34.2 Å². The monoisotopic (exact) mass is 391 g/mol. The number of rotatable bonds is 6. The summed E-state index contributed by atoms with van der Waals surface area (Å²) in [5.41, 5.74) is 2.63. The molecule has 1 amide bonds. The number of ether oxygens (including phenoxy) is 3. The molecule has 3 aromatic rings. The second-order valence-electron chi connectivity index (χ2n) is 6.43. The van der Waals surface area contributed by atoms with Crippen molar-refractivity contribution >= 4 is 17.3 Å². The summed E-state index contributed by atoms with van der Waals surface area (Å²) < 4.78 is 16.1. The minimum atomic E-state index is -0.506. The van der Waals surface area contributed by atoms with Gasteiger partial charge in [0.15, 0.2) is 6.17 Å². The van der Waals surface area contributed by atoms with Crippen LogP contribution in [0, 0.1) is 0 Å². The molecule has 1 aliphatic heterocycles. The first kappa shape index (κ1) is 18.6. The van der Waals surface area contributed by atoms with Gasteiger partial charge in [0.05, 0.1) is 44.0 Å². The lowest BCUT2D eigenvalue weighted by atomic mass is 10.2. The molecule has 0 unspecified atom stereocenters. The molecule has 1 atom stereocenters. The first-order chi connectivity index (χ1) is 14.2. The van der Waals surface area contributed by atoms with Gasteiger partial charge in [-0.3, -0.25) is 14.7 Å². The predicted octanol–water partition coefficient (Wildman–Crippen LogP) is 3.88. The van der Waals surface area contributed by atoms with E-state index in [4.69, 9.17) is 14.2 Å². The van der Waals surface area contributed by atoms with E-state index in [-0.39, 0.29) is 5.91 Å². The van der Waals surface area contributed by atoms with Gasteiger partial charge in [-0.1, -0.05) is 6.07 Å². The van der Waals surface area contributed by atoms with Gasteiger partial charge in [-0.05, 0) is 36.4 Å². The number of benzene rings is 2. The highest BCUT2D eigenvalue weighted by Gasteiger charge is 2.39. The van der Waals surface area contributed by atoms with E-state index >= 15 is 0 Å². The number of fused-ring (bicyclic) bond motifs is 1. The summed E-state index contributed by atoms with van der Waals surface area (Å²) in [5, 5.41) is 3.41. The molecule has 148 valence electrons. The standard InChI is InChI=1S/C22H21N3O4/c1-27-15-7-4-6-14(12-15)25-21(20-17(22(25)26)8-5-11-23-20)24-18-10-9-16(28-2)13-19(18)29-3/h4-13,21,24H,1-3H3/t21-/m1/s1. The zero-order valence-corrected chi connectivity index (χ0v) is 16.4. The average Bonchev–Trinajstić information content (AvgIpc) is 3.05. The molecular weight excluding hydrogens is 370 g/mol. The number of anilines is 2. The molecule has 7 nitrogen and oxygen atoms in total. The summed E-state index contributed by atoms with van der Waals surface area (Å²) in [6, 6.07) is 16.4. The van der Waals surface area contributed by atoms with Gasteiger partial charge in [-0.2, -0.15) is 0 Å². The molecule has 29 heavy (non-hydrogen) atoms. The molecule has 0 radical (unpaired) electrons. The fourth-order valence-corrected chi connectivity index (χ4v) is 3.41. The highest BCUT2D eigenvalue weighted by atomic mass is 16.5. The largest absolute Gasteiger partial charge is 0.497 e. The maximum Gasteiger partial charge on any atom is 0.262 e. The summed E-state index contributed by atoms with van der Waals surface area (Å²) in [4.78, 5) is 19.3. The number of amides is 1. The van der Waals surface area contributed by atoms with Crippen LogP contribution in [0.25, 0.3) is 0 Å². The van der Waals surface area contributed by atoms with Gasteiger partial charge in [0.25, 0.3) is 5.91 Å². The second kappa shape index (κ2) is 7.71. The van der Waals surface area contributed by atoms with E-state index in [0.717, 1.165) is 5.69 Å². The Bertz CT molecular complexity index is 1050. The maximum atomic E-state index is 13.2. The number of methoxy groups -OCH3 is 3. The third-order valence-corrected chi connectivity index (χ3v) is 4.84. The Kier molecular flexibility index (Phi) is 4.95. The van der Waals surface area contributed by atoms with E-state index in [9.17, 15) is 4.79 Å². The van der Waals surface area contributed by atoms with Crippen LogP contribution in [0.2, 0.25) is 0 Å². The van der Waals surface area contributed by atoms with E-state index in [1.54, 1.807) is 50.6 Å². The van der Waals surface area contributed by atoms with Gasteiger partial charge in [0.1, 0.15) is 17.2 Å². The van der Waals surface area contributed by atoms with Crippen LogP contribution in [0.4, 0.5) is 11.4 Å². The van der Waals surface area contributed by atoms with Crippen LogP contribution in [-0.4, -0.2) is 32.2 Å². The van der Waals surface area contributed by atoms with Crippen molar-refractivity contribution in [2.75, 3.05) is 31.5 Å². The zero-order chi connectivity index (χ0) is 20.4. The lowest BCUT2D eigenvalue weighted by Gasteiger charge is -2.27. The summed E-state index contributed by atoms with van der Waals surface area (Å²) in [6.45, 7) is 0. The first-order valence-electron chi connectivity index (χ1n) is 9.07. The molecule has 1 N–H and O–H groups in total. The van der Waals surface area contributed by atoms with Gasteiger partial charge in [0, 0.05) is 18.3 Å². The van der Waals surface area contributed by atoms with Crippen LogP contribution in [0.3, 0.4) is 0 Å². The van der Waals surface area contributed by atoms with Crippen molar-refractivity contribution in [3.8, 4) is 17.2 Å². The molecule has 4 rings (SSSR count). The Morgan fingerprint density at radius 1 is 0.931 bits per heavy atom. The van der Waals surface area contributed by atoms with E-state index in [1.807, 2.05) is 36.4 Å². The third-order valence-electron chi connectivity index (χ3n) is 4.84. The van der Waals surface area contributed by atoms with E-state index < -0.39 is 6.17 Å². The molecule has 1 aromatic heterocycles. The lowest BCUT2D eigenvalue weighted by molar-refractivity contribution is 0.0993. The Morgan fingerprint density at radius 2 is 1.72 bits per heavy atom. The quantitative estimate of drug-likeness (QED) is 0.688. The van der Waals surface area contributed by atoms with Crippen molar-refractivity contribution in [1.29, 1.82) is 0 Å². The molecule has 7 heteroatoms. The number of carbonyl (C=O) groups excluding carboxylic acids is 1. The number of hydrogen-bond donors (Lipinski definition) is 1. The molecular formula is C22H21N3O4. The molecule has 2 heterocycles. The number of carbonyl (C=O) groups is 1. The van der Waals surface area contributed by atoms with Gasteiger partial charge in [-0.15, -0.1) is 0 Å². The Hall–Kier alpha value is -3.74. The topological polar surface area (TPSA) is 72.9 Å². The Morgan fingerprint density at radius 3 is 2.48 bits per heavy atom. The maximum absolute atomic E-state index is 13.2. The van der Waals surface area contributed by atoms with Crippen LogP contribution in [0.15, 0.2) is 60.8 Å². The van der Waals surface area contributed by atoms with Crippen LogP contribution < -0.4 is 24.4 Å². The highest BCUT2D eigenvalue weighted by molar-refractivity contribution is 6.11. The van der Waals surface area contributed by atoms with E-state index in [2.05, 4.69) is 10.3 Å². The molecule has 2 aromatic carbocycles. The molecule has 0 saturated heterocycles. The van der Waals surface area contributed by atoms with Crippen LogP contribution in [0.1, 0.15) is 22.2 Å². The number of hydrogen-bond acceptors (Lipinski definition) is 6. The fraction of sp³-hybridized carbons (Fsp3) is 0.182. The first-order valence-corrected chi connectivity index (χ1v) is 9.07. The number of aromatic nitrogens is 1. The minimum absolute atomic E-state index is 0.133. The van der Waals surface area contributed by atoms with Gasteiger partial charge in [-0.25, -0.2) is 0 Å². The van der Waals surface area contributed by atoms with Crippen molar-refractivity contribution < 1.29 is 19.0 Å². The van der Waals surface area contributed by atoms with Crippen molar-refractivity contribution in [2.24, 2.45) is 0 Å². The molecule has 0 aliphatic carbocycles.